The molecule has 10 heavy (non-hydrogen) atoms. The third kappa shape index (κ3) is 1.75. The predicted molar refractivity (Wildman–Crippen MR) is 29.6 cm³/mol. The Morgan fingerprint density at radius 2 is 2.60 bits per heavy atom. The van der Waals surface area contributed by atoms with Gasteiger partial charge in [0.1, 0.15) is 0 Å². The predicted octanol–water partition coefficient (Wildman–Crippen LogP) is -4.03. The molecule has 1 aliphatic heterocycles. The summed E-state index contributed by atoms with van der Waals surface area (Å²) in [6.45, 7) is 0. The van der Waals surface area contributed by atoms with E-state index in [0.717, 1.165) is 0 Å². The van der Waals surface area contributed by atoms with E-state index >= 15 is 0 Å². The second-order valence-corrected chi connectivity index (χ2v) is 3.19. The Morgan fingerprint density at radius 1 is 1.80 bits per heavy atom. The van der Waals surface area contributed by atoms with Crippen LogP contribution in [0.5, 0.6) is 0 Å². The molecule has 0 aromatic rings. The van der Waals surface area contributed by atoms with E-state index in [2.05, 4.69) is 3.21 Å². The minimum atomic E-state index is -0.358. The Hall–Kier alpha value is -0.470. The van der Waals surface area contributed by atoms with Crippen molar-refractivity contribution in [2.45, 2.75) is 0 Å². The second-order valence-electron chi connectivity index (χ2n) is 1.45. The Balaban J connectivity index is 2.48. The van der Waals surface area contributed by atoms with Crippen molar-refractivity contribution >= 4 is 12.1 Å². The third-order valence-electron chi connectivity index (χ3n) is 0.842. The number of hydrogen-bond donors (Lipinski definition) is 3. The van der Waals surface area contributed by atoms with E-state index in [1.165, 1.54) is 6.21 Å². The maximum atomic E-state index is 10.8. The molecule has 0 fully saturated rings. The van der Waals surface area contributed by atoms with E-state index in [-0.39, 0.29) is 27.4 Å². The van der Waals surface area contributed by atoms with Crippen molar-refractivity contribution in [1.82, 2.24) is 11.0 Å². The summed E-state index contributed by atoms with van der Waals surface area (Å²) < 4.78 is 5.66. The first-order chi connectivity index (χ1) is 4.84. The number of hydrazine groups is 1. The molecule has 1 rings (SSSR count). The SMILES string of the molecule is O=C(NNO)C1=C[I-]N=C1. The van der Waals surface area contributed by atoms with Crippen LogP contribution in [0.25, 0.3) is 0 Å². The molecule has 0 aromatic heterocycles. The summed E-state index contributed by atoms with van der Waals surface area (Å²) in [7, 11) is 0. The number of hydrogen-bond acceptors (Lipinski definition) is 4. The van der Waals surface area contributed by atoms with Crippen molar-refractivity contribution in [2.24, 2.45) is 3.21 Å². The van der Waals surface area contributed by atoms with Crippen LogP contribution in [0.1, 0.15) is 0 Å². The van der Waals surface area contributed by atoms with Gasteiger partial charge in [0.05, 0.1) is 0 Å². The van der Waals surface area contributed by atoms with E-state index in [1.807, 2.05) is 5.43 Å². The van der Waals surface area contributed by atoms with Crippen LogP contribution in [0, 0.1) is 0 Å². The average Bonchev–Trinajstić information content (AvgIpc) is 2.38. The van der Waals surface area contributed by atoms with Gasteiger partial charge in [-0.25, -0.2) is 0 Å². The molecular formula is C4H5IN3O2-. The average molecular weight is 254 g/mol. The van der Waals surface area contributed by atoms with Crippen LogP contribution in [-0.2, 0) is 4.79 Å². The number of carbonyl (C=O) groups excluding carboxylic acids is 1. The van der Waals surface area contributed by atoms with Gasteiger partial charge in [-0.15, -0.1) is 0 Å². The first kappa shape index (κ1) is 7.63. The van der Waals surface area contributed by atoms with Crippen molar-refractivity contribution in [3.8, 4) is 0 Å². The summed E-state index contributed by atoms with van der Waals surface area (Å²) in [4.78, 5) is 10.8. The van der Waals surface area contributed by atoms with Crippen LogP contribution in [0.4, 0.5) is 0 Å². The molecule has 0 bridgehead atoms. The molecule has 0 radical (unpaired) electrons. The Labute approximate surface area is 67.8 Å². The normalized spacial score (nSPS) is 15.9. The Bertz CT molecular complexity index is 201. The zero-order valence-corrected chi connectivity index (χ0v) is 6.99. The molecule has 0 unspecified atom stereocenters. The van der Waals surface area contributed by atoms with Gasteiger partial charge in [0.15, 0.2) is 0 Å². The van der Waals surface area contributed by atoms with Gasteiger partial charge >= 0.3 is 67.5 Å². The van der Waals surface area contributed by atoms with Crippen LogP contribution < -0.4 is 32.5 Å². The van der Waals surface area contributed by atoms with Crippen LogP contribution in [0.3, 0.4) is 0 Å². The Kier molecular flexibility index (Phi) is 2.78. The summed E-state index contributed by atoms with van der Waals surface area (Å²) in [6.07, 6.45) is 1.50. The summed E-state index contributed by atoms with van der Waals surface area (Å²) in [5.41, 5.74) is 4.08. The topological polar surface area (TPSA) is 73.7 Å². The van der Waals surface area contributed by atoms with Gasteiger partial charge in [-0.2, -0.15) is 0 Å². The maximum absolute atomic E-state index is 10.8. The van der Waals surface area contributed by atoms with E-state index in [1.54, 1.807) is 9.67 Å². The zero-order valence-electron chi connectivity index (χ0n) is 4.84. The van der Waals surface area contributed by atoms with Crippen molar-refractivity contribution in [3.05, 3.63) is 9.66 Å². The zero-order chi connectivity index (χ0) is 7.40. The van der Waals surface area contributed by atoms with E-state index in [4.69, 9.17) is 5.21 Å². The van der Waals surface area contributed by atoms with Crippen molar-refractivity contribution in [3.63, 3.8) is 0 Å². The number of rotatable bonds is 2. The summed E-state index contributed by atoms with van der Waals surface area (Å²) in [5, 5.41) is 8.05. The van der Waals surface area contributed by atoms with Gasteiger partial charge in [0, 0.05) is 0 Å². The van der Waals surface area contributed by atoms with Gasteiger partial charge in [0.25, 0.3) is 0 Å². The number of carbonyl (C=O) groups is 1. The van der Waals surface area contributed by atoms with Gasteiger partial charge in [0.2, 0.25) is 0 Å². The first-order valence-electron chi connectivity index (χ1n) is 2.40. The number of nitrogens with zero attached hydrogens (tertiary/aromatic N) is 1. The van der Waals surface area contributed by atoms with Crippen LogP contribution in [-0.4, -0.2) is 17.3 Å². The standard InChI is InChI=1S/C4H5IN3O2/c9-4(7-8-10)3-1-5-6-2-3/h1-2,8,10H,(H,7,9)/q-1. The van der Waals surface area contributed by atoms with Crippen molar-refractivity contribution in [2.75, 3.05) is 0 Å². The molecule has 0 aromatic carbocycles. The second kappa shape index (κ2) is 3.64. The van der Waals surface area contributed by atoms with Crippen LogP contribution in [0.2, 0.25) is 0 Å². The molecule has 1 aliphatic rings. The fraction of sp³-hybridized carbons (Fsp3) is 0. The number of halogens is 1. The van der Waals surface area contributed by atoms with Crippen LogP contribution >= 0.6 is 0 Å². The van der Waals surface area contributed by atoms with Crippen LogP contribution in [0.15, 0.2) is 12.9 Å². The molecule has 1 amide bonds. The van der Waals surface area contributed by atoms with E-state index in [9.17, 15) is 4.79 Å². The van der Waals surface area contributed by atoms with E-state index < -0.39 is 0 Å². The summed E-state index contributed by atoms with van der Waals surface area (Å²) >= 11 is -0.306. The third-order valence-corrected chi connectivity index (χ3v) is 2.39. The summed E-state index contributed by atoms with van der Waals surface area (Å²) in [5.74, 6) is -0.358. The quantitative estimate of drug-likeness (QED) is 0.347. The van der Waals surface area contributed by atoms with Gasteiger partial charge in [-0.05, 0) is 0 Å². The molecule has 0 spiro atoms. The molecule has 0 aliphatic carbocycles. The molecule has 6 heteroatoms. The first-order valence-corrected chi connectivity index (χ1v) is 4.61. The number of nitrogens with one attached hydrogen (secondary N) is 2. The molecule has 1 heterocycles. The Morgan fingerprint density at radius 3 is 3.10 bits per heavy atom. The minimum absolute atomic E-state index is 0.306. The van der Waals surface area contributed by atoms with Gasteiger partial charge in [-0.1, -0.05) is 0 Å². The number of amides is 1. The van der Waals surface area contributed by atoms with E-state index in [0.29, 0.717) is 5.57 Å². The van der Waals surface area contributed by atoms with Gasteiger partial charge in [-0.3, -0.25) is 0 Å². The molecule has 0 saturated carbocycles. The fourth-order valence-corrected chi connectivity index (χ4v) is 1.79. The fourth-order valence-electron chi connectivity index (χ4n) is 0.421. The molecular weight excluding hydrogens is 249 g/mol. The molecule has 0 atom stereocenters. The van der Waals surface area contributed by atoms with Crippen molar-refractivity contribution in [1.29, 1.82) is 0 Å². The van der Waals surface area contributed by atoms with Gasteiger partial charge < -0.3 is 0 Å². The molecule has 0 saturated heterocycles. The monoisotopic (exact) mass is 254 g/mol. The molecule has 5 nitrogen and oxygen atoms in total. The van der Waals surface area contributed by atoms with Crippen molar-refractivity contribution < 1.29 is 31.5 Å². The molecule has 3 N–H and O–H groups in total. The molecule has 56 valence electrons. The summed E-state index contributed by atoms with van der Waals surface area (Å²) in [6, 6.07) is 0.